The fourth-order valence-corrected chi connectivity index (χ4v) is 2.52. The first-order valence-corrected chi connectivity index (χ1v) is 9.08. The summed E-state index contributed by atoms with van der Waals surface area (Å²) in [6, 6.07) is 3.93. The average molecular weight is 336 g/mol. The molecule has 24 heavy (non-hydrogen) atoms. The zero-order valence-corrected chi connectivity index (χ0v) is 15.1. The van der Waals surface area contributed by atoms with Crippen LogP contribution < -0.4 is 10.6 Å². The quantitative estimate of drug-likeness (QED) is 0.531. The summed E-state index contributed by atoms with van der Waals surface area (Å²) in [5.74, 6) is 2.57. The summed E-state index contributed by atoms with van der Waals surface area (Å²) in [6.07, 6.45) is 3.68. The van der Waals surface area contributed by atoms with Crippen LogP contribution in [-0.2, 0) is 11.2 Å². The lowest BCUT2D eigenvalue weighted by Crippen LogP contribution is -2.44. The molecule has 1 fully saturated rings. The van der Waals surface area contributed by atoms with Crippen molar-refractivity contribution in [2.75, 3.05) is 52.5 Å². The second kappa shape index (κ2) is 11.1. The van der Waals surface area contributed by atoms with Crippen molar-refractivity contribution in [3.05, 3.63) is 24.2 Å². The number of guanidine groups is 1. The molecule has 6 nitrogen and oxygen atoms in total. The van der Waals surface area contributed by atoms with Gasteiger partial charge in [-0.25, -0.2) is 0 Å². The molecule has 1 aliphatic heterocycles. The molecule has 1 aromatic rings. The van der Waals surface area contributed by atoms with Crippen LogP contribution in [0.15, 0.2) is 27.8 Å². The summed E-state index contributed by atoms with van der Waals surface area (Å²) >= 11 is 0. The van der Waals surface area contributed by atoms with Crippen LogP contribution in [0.1, 0.15) is 26.0 Å². The van der Waals surface area contributed by atoms with Crippen LogP contribution in [0.25, 0.3) is 0 Å². The van der Waals surface area contributed by atoms with E-state index in [4.69, 9.17) is 9.15 Å². The molecule has 2 heterocycles. The number of hydrogen-bond acceptors (Lipinski definition) is 4. The Morgan fingerprint density at radius 3 is 2.75 bits per heavy atom. The van der Waals surface area contributed by atoms with Crippen LogP contribution in [0.5, 0.6) is 0 Å². The number of aliphatic imine (C=N–C) groups is 1. The van der Waals surface area contributed by atoms with Gasteiger partial charge in [0.15, 0.2) is 5.96 Å². The van der Waals surface area contributed by atoms with E-state index in [1.807, 2.05) is 12.1 Å². The Labute approximate surface area is 145 Å². The number of morpholine rings is 1. The molecule has 2 N–H and O–H groups in total. The van der Waals surface area contributed by atoms with Crippen LogP contribution in [0.2, 0.25) is 0 Å². The van der Waals surface area contributed by atoms with E-state index in [0.717, 1.165) is 77.0 Å². The fraction of sp³-hybridized carbons (Fsp3) is 0.722. The second-order valence-electron chi connectivity index (χ2n) is 6.55. The van der Waals surface area contributed by atoms with E-state index in [0.29, 0.717) is 5.92 Å². The summed E-state index contributed by atoms with van der Waals surface area (Å²) in [7, 11) is 0. The number of rotatable bonds is 9. The third-order valence-electron chi connectivity index (χ3n) is 4.04. The highest BCUT2D eigenvalue weighted by Gasteiger charge is 2.09. The molecule has 136 valence electrons. The van der Waals surface area contributed by atoms with Gasteiger partial charge in [0, 0.05) is 45.7 Å². The highest BCUT2D eigenvalue weighted by atomic mass is 16.5. The molecule has 1 saturated heterocycles. The van der Waals surface area contributed by atoms with Crippen LogP contribution in [0.4, 0.5) is 0 Å². The van der Waals surface area contributed by atoms with Crippen molar-refractivity contribution in [3.63, 3.8) is 0 Å². The van der Waals surface area contributed by atoms with Gasteiger partial charge in [-0.3, -0.25) is 9.89 Å². The van der Waals surface area contributed by atoms with E-state index in [2.05, 4.69) is 34.4 Å². The van der Waals surface area contributed by atoms with E-state index >= 15 is 0 Å². The SMILES string of the molecule is CC(C)CCN=C(NCCc1ccco1)NCCN1CCOCC1. The Morgan fingerprint density at radius 1 is 1.25 bits per heavy atom. The summed E-state index contributed by atoms with van der Waals surface area (Å²) < 4.78 is 10.8. The lowest BCUT2D eigenvalue weighted by molar-refractivity contribution is 0.0389. The van der Waals surface area contributed by atoms with Gasteiger partial charge in [-0.2, -0.15) is 0 Å². The van der Waals surface area contributed by atoms with Crippen molar-refractivity contribution < 1.29 is 9.15 Å². The largest absolute Gasteiger partial charge is 0.469 e. The second-order valence-corrected chi connectivity index (χ2v) is 6.55. The number of nitrogens with one attached hydrogen (secondary N) is 2. The van der Waals surface area contributed by atoms with Gasteiger partial charge in [-0.15, -0.1) is 0 Å². The Bertz CT molecular complexity index is 454. The predicted molar refractivity (Wildman–Crippen MR) is 97.4 cm³/mol. The normalized spacial score (nSPS) is 16.5. The van der Waals surface area contributed by atoms with Crippen molar-refractivity contribution in [3.8, 4) is 0 Å². The zero-order valence-electron chi connectivity index (χ0n) is 15.1. The molecule has 0 radical (unpaired) electrons. The van der Waals surface area contributed by atoms with Gasteiger partial charge >= 0.3 is 0 Å². The molecular formula is C18H32N4O2. The zero-order chi connectivity index (χ0) is 17.0. The molecule has 6 heteroatoms. The number of ether oxygens (including phenoxy) is 1. The molecular weight excluding hydrogens is 304 g/mol. The van der Waals surface area contributed by atoms with Crippen molar-refractivity contribution >= 4 is 5.96 Å². The van der Waals surface area contributed by atoms with E-state index < -0.39 is 0 Å². The Kier molecular flexibility index (Phi) is 8.70. The molecule has 0 bridgehead atoms. The van der Waals surface area contributed by atoms with Crippen molar-refractivity contribution in [2.24, 2.45) is 10.9 Å². The smallest absolute Gasteiger partial charge is 0.191 e. The molecule has 1 aliphatic rings. The van der Waals surface area contributed by atoms with E-state index in [1.54, 1.807) is 6.26 Å². The third kappa shape index (κ3) is 7.84. The lowest BCUT2D eigenvalue weighted by Gasteiger charge is -2.26. The molecule has 0 unspecified atom stereocenters. The molecule has 0 saturated carbocycles. The van der Waals surface area contributed by atoms with E-state index in [-0.39, 0.29) is 0 Å². The van der Waals surface area contributed by atoms with E-state index in [1.165, 1.54) is 0 Å². The van der Waals surface area contributed by atoms with Gasteiger partial charge in [0.2, 0.25) is 0 Å². The minimum Gasteiger partial charge on any atom is -0.469 e. The molecule has 1 aromatic heterocycles. The van der Waals surface area contributed by atoms with Gasteiger partial charge in [-0.05, 0) is 24.5 Å². The third-order valence-corrected chi connectivity index (χ3v) is 4.04. The van der Waals surface area contributed by atoms with Crippen molar-refractivity contribution in [2.45, 2.75) is 26.7 Å². The van der Waals surface area contributed by atoms with Crippen molar-refractivity contribution in [1.29, 1.82) is 0 Å². The minimum absolute atomic E-state index is 0.673. The molecule has 2 rings (SSSR count). The summed E-state index contributed by atoms with van der Waals surface area (Å²) in [6.45, 7) is 11.8. The highest BCUT2D eigenvalue weighted by molar-refractivity contribution is 5.79. The molecule has 0 aromatic carbocycles. The van der Waals surface area contributed by atoms with Gasteiger partial charge in [0.25, 0.3) is 0 Å². The summed E-state index contributed by atoms with van der Waals surface area (Å²) in [5, 5.41) is 6.85. The molecule has 0 atom stereocenters. The maximum absolute atomic E-state index is 5.38. The minimum atomic E-state index is 0.673. The van der Waals surface area contributed by atoms with Gasteiger partial charge in [0.05, 0.1) is 19.5 Å². The highest BCUT2D eigenvalue weighted by Crippen LogP contribution is 2.00. The number of nitrogens with zero attached hydrogens (tertiary/aromatic N) is 2. The van der Waals surface area contributed by atoms with Crippen molar-refractivity contribution in [1.82, 2.24) is 15.5 Å². The van der Waals surface area contributed by atoms with Crippen LogP contribution in [0, 0.1) is 5.92 Å². The number of hydrogen-bond donors (Lipinski definition) is 2. The summed E-state index contributed by atoms with van der Waals surface area (Å²) in [4.78, 5) is 7.11. The average Bonchev–Trinajstić information content (AvgIpc) is 3.08. The Hall–Kier alpha value is -1.53. The first kappa shape index (κ1) is 18.8. The lowest BCUT2D eigenvalue weighted by atomic mass is 10.1. The molecule has 0 amide bonds. The van der Waals surface area contributed by atoms with Crippen LogP contribution >= 0.6 is 0 Å². The molecule has 0 aliphatic carbocycles. The maximum atomic E-state index is 5.38. The Morgan fingerprint density at radius 2 is 2.04 bits per heavy atom. The number of furan rings is 1. The van der Waals surface area contributed by atoms with Crippen LogP contribution in [0.3, 0.4) is 0 Å². The maximum Gasteiger partial charge on any atom is 0.191 e. The first-order chi connectivity index (χ1) is 11.7. The first-order valence-electron chi connectivity index (χ1n) is 9.08. The van der Waals surface area contributed by atoms with E-state index in [9.17, 15) is 0 Å². The van der Waals surface area contributed by atoms with Gasteiger partial charge < -0.3 is 19.8 Å². The predicted octanol–water partition coefficient (Wildman–Crippen LogP) is 1.74. The Balaban J connectivity index is 1.71. The topological polar surface area (TPSA) is 62.0 Å². The van der Waals surface area contributed by atoms with Gasteiger partial charge in [-0.1, -0.05) is 13.8 Å². The van der Waals surface area contributed by atoms with Gasteiger partial charge in [0.1, 0.15) is 5.76 Å². The fourth-order valence-electron chi connectivity index (χ4n) is 2.52. The monoisotopic (exact) mass is 336 g/mol. The molecule has 0 spiro atoms. The standard InChI is InChI=1S/C18H32N4O2/c1-16(2)5-7-19-18(20-8-6-17-4-3-13-24-17)21-9-10-22-11-14-23-15-12-22/h3-4,13,16H,5-12,14-15H2,1-2H3,(H2,19,20,21). The van der Waals surface area contributed by atoms with Crippen LogP contribution in [-0.4, -0.2) is 63.3 Å². The summed E-state index contributed by atoms with van der Waals surface area (Å²) in [5.41, 5.74) is 0.